The van der Waals surface area contributed by atoms with E-state index in [1.54, 1.807) is 7.11 Å². The van der Waals surface area contributed by atoms with E-state index in [-0.39, 0.29) is 12.5 Å². The normalized spacial score (nSPS) is 11.7. The fourth-order valence-electron chi connectivity index (χ4n) is 4.17. The number of methoxy groups -OCH3 is 1. The number of halogens is 1. The lowest BCUT2D eigenvalue weighted by Crippen LogP contribution is -2.32. The van der Waals surface area contributed by atoms with Crippen LogP contribution in [0.25, 0.3) is 34.0 Å². The van der Waals surface area contributed by atoms with Crippen LogP contribution in [0, 0.1) is 0 Å². The second-order valence-electron chi connectivity index (χ2n) is 10.2. The number of aromatic nitrogens is 2. The van der Waals surface area contributed by atoms with Crippen LogP contribution in [0.1, 0.15) is 31.9 Å². The molecule has 38 heavy (non-hydrogen) atoms. The fraction of sp³-hybridized carbons (Fsp3) is 0.300. The molecule has 0 unspecified atom stereocenters. The maximum atomic E-state index is 12.2. The molecular formula is C30H32ClN3O4. The van der Waals surface area contributed by atoms with E-state index in [2.05, 4.69) is 10.1 Å². The van der Waals surface area contributed by atoms with E-state index >= 15 is 0 Å². The zero-order valence-corrected chi connectivity index (χ0v) is 23.1. The monoisotopic (exact) mass is 533 g/mol. The average molecular weight is 534 g/mol. The van der Waals surface area contributed by atoms with Crippen molar-refractivity contribution in [3.05, 3.63) is 82.9 Å². The summed E-state index contributed by atoms with van der Waals surface area (Å²) in [5, 5.41) is 4.89. The van der Waals surface area contributed by atoms with Crippen LogP contribution >= 0.6 is 11.6 Å². The van der Waals surface area contributed by atoms with Gasteiger partial charge in [0.05, 0.1) is 13.2 Å². The Balaban J connectivity index is 1.52. The van der Waals surface area contributed by atoms with Gasteiger partial charge in [0.2, 0.25) is 5.82 Å². The Morgan fingerprint density at radius 2 is 1.79 bits per heavy atom. The molecule has 8 heteroatoms. The van der Waals surface area contributed by atoms with Crippen molar-refractivity contribution in [1.82, 2.24) is 15.0 Å². The van der Waals surface area contributed by atoms with E-state index in [0.717, 1.165) is 33.4 Å². The van der Waals surface area contributed by atoms with Gasteiger partial charge >= 0.3 is 5.97 Å². The van der Waals surface area contributed by atoms with Crippen molar-refractivity contribution >= 4 is 17.6 Å². The van der Waals surface area contributed by atoms with Crippen LogP contribution in [0.3, 0.4) is 0 Å². The number of hydrogen-bond acceptors (Lipinski definition) is 7. The third-order valence-electron chi connectivity index (χ3n) is 5.70. The van der Waals surface area contributed by atoms with Gasteiger partial charge in [-0.25, -0.2) is 0 Å². The highest BCUT2D eigenvalue weighted by molar-refractivity contribution is 6.33. The van der Waals surface area contributed by atoms with Crippen LogP contribution in [-0.2, 0) is 27.4 Å². The first-order chi connectivity index (χ1) is 18.1. The van der Waals surface area contributed by atoms with Gasteiger partial charge in [-0.1, -0.05) is 59.2 Å². The van der Waals surface area contributed by atoms with E-state index in [0.29, 0.717) is 29.9 Å². The van der Waals surface area contributed by atoms with Gasteiger partial charge in [0.1, 0.15) is 5.60 Å². The molecule has 1 heterocycles. The Kier molecular flexibility index (Phi) is 8.62. The first kappa shape index (κ1) is 27.5. The average Bonchev–Trinajstić information content (AvgIpc) is 3.34. The molecule has 0 saturated heterocycles. The molecule has 0 bridgehead atoms. The quantitative estimate of drug-likeness (QED) is 0.223. The molecule has 1 aromatic heterocycles. The van der Waals surface area contributed by atoms with Crippen LogP contribution in [0.2, 0.25) is 5.02 Å². The molecule has 7 nitrogen and oxygen atoms in total. The minimum absolute atomic E-state index is 0.196. The molecule has 0 spiro atoms. The van der Waals surface area contributed by atoms with Gasteiger partial charge in [0, 0.05) is 35.4 Å². The van der Waals surface area contributed by atoms with Crippen LogP contribution in [0.4, 0.5) is 0 Å². The van der Waals surface area contributed by atoms with Gasteiger partial charge < -0.3 is 14.0 Å². The third kappa shape index (κ3) is 7.07. The molecule has 3 aromatic carbocycles. The van der Waals surface area contributed by atoms with Crippen LogP contribution in [0.15, 0.2) is 71.3 Å². The SMILES string of the molecule is COCc1cc(-c2nc(-c3cccc(CN(C)CC(=O)OC(C)(C)C)c3)no2)ccc1-c1ccccc1Cl. The largest absolute Gasteiger partial charge is 0.459 e. The first-order valence-electron chi connectivity index (χ1n) is 12.3. The third-order valence-corrected chi connectivity index (χ3v) is 6.03. The number of ether oxygens (including phenoxy) is 2. The number of likely N-dealkylation sites (N-methyl/N-ethyl adjacent to an activating group) is 1. The smallest absolute Gasteiger partial charge is 0.320 e. The summed E-state index contributed by atoms with van der Waals surface area (Å²) in [6, 6.07) is 21.5. The van der Waals surface area contributed by atoms with Crippen molar-refractivity contribution in [3.8, 4) is 34.0 Å². The summed E-state index contributed by atoms with van der Waals surface area (Å²) >= 11 is 6.45. The molecule has 0 saturated carbocycles. The lowest BCUT2D eigenvalue weighted by Gasteiger charge is -2.22. The van der Waals surface area contributed by atoms with Gasteiger partial charge in [-0.3, -0.25) is 9.69 Å². The summed E-state index contributed by atoms with van der Waals surface area (Å²) in [6.45, 7) is 6.76. The number of nitrogens with zero attached hydrogens (tertiary/aromatic N) is 3. The summed E-state index contributed by atoms with van der Waals surface area (Å²) in [5.74, 6) is 0.642. The van der Waals surface area contributed by atoms with Crippen LogP contribution < -0.4 is 0 Å². The first-order valence-corrected chi connectivity index (χ1v) is 12.7. The molecule has 0 aliphatic rings. The zero-order valence-electron chi connectivity index (χ0n) is 22.3. The Bertz CT molecular complexity index is 1410. The van der Waals surface area contributed by atoms with Crippen molar-refractivity contribution in [1.29, 1.82) is 0 Å². The fourth-order valence-corrected chi connectivity index (χ4v) is 4.41. The molecule has 4 aromatic rings. The van der Waals surface area contributed by atoms with Gasteiger partial charge in [0.15, 0.2) is 0 Å². The van der Waals surface area contributed by atoms with Crippen molar-refractivity contribution in [2.45, 2.75) is 39.5 Å². The molecule has 4 rings (SSSR count). The van der Waals surface area contributed by atoms with Crippen molar-refractivity contribution < 1.29 is 18.8 Å². The highest BCUT2D eigenvalue weighted by Gasteiger charge is 2.18. The molecule has 0 aliphatic carbocycles. The van der Waals surface area contributed by atoms with E-state index in [4.69, 9.17) is 25.6 Å². The van der Waals surface area contributed by atoms with Gasteiger partial charge in [0.25, 0.3) is 5.89 Å². The molecule has 0 atom stereocenters. The Hall–Kier alpha value is -3.52. The summed E-state index contributed by atoms with van der Waals surface area (Å²) in [6.07, 6.45) is 0. The number of hydrogen-bond donors (Lipinski definition) is 0. The molecule has 0 aliphatic heterocycles. The molecule has 0 radical (unpaired) electrons. The lowest BCUT2D eigenvalue weighted by molar-refractivity contribution is -0.155. The predicted octanol–water partition coefficient (Wildman–Crippen LogP) is 6.64. The van der Waals surface area contributed by atoms with Gasteiger partial charge in [-0.15, -0.1) is 0 Å². The van der Waals surface area contributed by atoms with Crippen molar-refractivity contribution in [2.75, 3.05) is 20.7 Å². The summed E-state index contributed by atoms with van der Waals surface area (Å²) in [5.41, 5.74) is 5.02. The van der Waals surface area contributed by atoms with Crippen LogP contribution in [-0.4, -0.2) is 47.3 Å². The van der Waals surface area contributed by atoms with Crippen molar-refractivity contribution in [3.63, 3.8) is 0 Å². The number of carbonyl (C=O) groups excluding carboxylic acids is 1. The Labute approximate surface area is 228 Å². The maximum absolute atomic E-state index is 12.2. The van der Waals surface area contributed by atoms with Crippen molar-refractivity contribution in [2.24, 2.45) is 0 Å². The van der Waals surface area contributed by atoms with Crippen LogP contribution in [0.5, 0.6) is 0 Å². The second kappa shape index (κ2) is 11.9. The number of benzene rings is 3. The van der Waals surface area contributed by atoms with E-state index < -0.39 is 5.60 Å². The summed E-state index contributed by atoms with van der Waals surface area (Å²) < 4.78 is 16.5. The highest BCUT2D eigenvalue weighted by atomic mass is 35.5. The van der Waals surface area contributed by atoms with E-state index in [1.807, 2.05) is 99.4 Å². The number of carbonyl (C=O) groups is 1. The standard InChI is InChI=1S/C30H32ClN3O4/c1-30(2,3)37-27(35)18-34(4)17-20-9-8-10-21(15-20)28-32-29(38-33-28)22-13-14-24(23(16-22)19-36-5)25-11-6-7-12-26(25)31/h6-16H,17-19H2,1-5H3. The Morgan fingerprint density at radius 3 is 2.53 bits per heavy atom. The highest BCUT2D eigenvalue weighted by Crippen LogP contribution is 2.33. The Morgan fingerprint density at radius 1 is 1.00 bits per heavy atom. The molecule has 0 N–H and O–H groups in total. The topological polar surface area (TPSA) is 77.7 Å². The maximum Gasteiger partial charge on any atom is 0.320 e. The molecule has 198 valence electrons. The lowest BCUT2D eigenvalue weighted by atomic mass is 9.97. The molecule has 0 fully saturated rings. The minimum Gasteiger partial charge on any atom is -0.459 e. The van der Waals surface area contributed by atoms with E-state index in [9.17, 15) is 4.79 Å². The summed E-state index contributed by atoms with van der Waals surface area (Å²) in [7, 11) is 3.54. The minimum atomic E-state index is -0.507. The zero-order chi connectivity index (χ0) is 27.3. The van der Waals surface area contributed by atoms with Gasteiger partial charge in [-0.2, -0.15) is 4.98 Å². The molecular weight excluding hydrogens is 502 g/mol. The predicted molar refractivity (Wildman–Crippen MR) is 149 cm³/mol. The van der Waals surface area contributed by atoms with E-state index in [1.165, 1.54) is 0 Å². The second-order valence-corrected chi connectivity index (χ2v) is 10.6. The molecule has 0 amide bonds. The summed E-state index contributed by atoms with van der Waals surface area (Å²) in [4.78, 5) is 18.7. The number of rotatable bonds is 9. The number of esters is 1. The van der Waals surface area contributed by atoms with Gasteiger partial charge in [-0.05, 0) is 68.8 Å².